The molecule has 1 amide bonds. The van der Waals surface area contributed by atoms with Crippen molar-refractivity contribution in [1.29, 1.82) is 0 Å². The van der Waals surface area contributed by atoms with Crippen molar-refractivity contribution in [2.24, 2.45) is 0 Å². The van der Waals surface area contributed by atoms with Gasteiger partial charge in [-0.2, -0.15) is 0 Å². The van der Waals surface area contributed by atoms with Gasteiger partial charge in [-0.1, -0.05) is 12.1 Å². The van der Waals surface area contributed by atoms with Crippen molar-refractivity contribution in [2.45, 2.75) is 0 Å². The van der Waals surface area contributed by atoms with Crippen LogP contribution in [0.2, 0.25) is 0 Å². The van der Waals surface area contributed by atoms with Crippen molar-refractivity contribution < 1.29 is 19.1 Å². The van der Waals surface area contributed by atoms with Crippen LogP contribution in [0.5, 0.6) is 5.75 Å². The number of nitrogens with zero attached hydrogens (tertiary/aromatic N) is 2. The Labute approximate surface area is 161 Å². The summed E-state index contributed by atoms with van der Waals surface area (Å²) in [6.07, 6.45) is 1.49. The molecule has 142 valence electrons. The molecule has 0 aliphatic heterocycles. The van der Waals surface area contributed by atoms with E-state index in [1.54, 1.807) is 37.4 Å². The number of methoxy groups -OCH3 is 2. The van der Waals surface area contributed by atoms with Gasteiger partial charge >= 0.3 is 5.97 Å². The summed E-state index contributed by atoms with van der Waals surface area (Å²) in [4.78, 5) is 32.3. The average Bonchev–Trinajstić information content (AvgIpc) is 2.74. The summed E-state index contributed by atoms with van der Waals surface area (Å²) >= 11 is 0. The van der Waals surface area contributed by atoms with Gasteiger partial charge in [0.15, 0.2) is 0 Å². The van der Waals surface area contributed by atoms with Crippen LogP contribution < -0.4 is 15.4 Å². The summed E-state index contributed by atoms with van der Waals surface area (Å²) in [7, 11) is 2.88. The predicted molar refractivity (Wildman–Crippen MR) is 104 cm³/mol. The van der Waals surface area contributed by atoms with Crippen molar-refractivity contribution in [3.63, 3.8) is 0 Å². The lowest BCUT2D eigenvalue weighted by Gasteiger charge is -2.10. The number of benzene rings is 2. The molecule has 0 spiro atoms. The van der Waals surface area contributed by atoms with E-state index in [1.165, 1.54) is 19.4 Å². The van der Waals surface area contributed by atoms with Gasteiger partial charge in [0, 0.05) is 11.9 Å². The molecule has 1 heterocycles. The first-order chi connectivity index (χ1) is 13.6. The molecule has 0 fully saturated rings. The van der Waals surface area contributed by atoms with Crippen LogP contribution in [-0.2, 0) is 4.74 Å². The number of aromatic nitrogens is 2. The van der Waals surface area contributed by atoms with Crippen LogP contribution in [0.1, 0.15) is 20.8 Å². The fraction of sp³-hybridized carbons (Fsp3) is 0.100. The van der Waals surface area contributed by atoms with Crippen LogP contribution in [0.3, 0.4) is 0 Å². The molecule has 2 N–H and O–H groups in total. The van der Waals surface area contributed by atoms with Gasteiger partial charge in [0.2, 0.25) is 5.95 Å². The van der Waals surface area contributed by atoms with E-state index in [4.69, 9.17) is 4.74 Å². The van der Waals surface area contributed by atoms with E-state index in [2.05, 4.69) is 25.3 Å². The zero-order valence-electron chi connectivity index (χ0n) is 15.3. The molecule has 0 saturated heterocycles. The molecule has 0 radical (unpaired) electrons. The Bertz CT molecular complexity index is 990. The molecule has 3 aromatic rings. The van der Waals surface area contributed by atoms with Crippen LogP contribution in [0.15, 0.2) is 60.8 Å². The zero-order chi connectivity index (χ0) is 19.9. The van der Waals surface area contributed by atoms with Crippen LogP contribution in [0, 0.1) is 0 Å². The first-order valence-corrected chi connectivity index (χ1v) is 8.33. The minimum atomic E-state index is -0.444. The Kier molecular flexibility index (Phi) is 5.81. The van der Waals surface area contributed by atoms with Gasteiger partial charge in [-0.25, -0.2) is 14.8 Å². The largest absolute Gasteiger partial charge is 0.495 e. The number of ether oxygens (including phenoxy) is 2. The molecular weight excluding hydrogens is 360 g/mol. The molecule has 3 rings (SSSR count). The lowest BCUT2D eigenvalue weighted by Crippen LogP contribution is -2.15. The third-order valence-electron chi connectivity index (χ3n) is 3.81. The number of para-hydroxylation sites is 2. The van der Waals surface area contributed by atoms with E-state index in [-0.39, 0.29) is 11.6 Å². The van der Waals surface area contributed by atoms with Crippen molar-refractivity contribution in [3.05, 3.63) is 72.1 Å². The number of carbonyl (C=O) groups is 2. The van der Waals surface area contributed by atoms with Crippen LogP contribution in [0.25, 0.3) is 0 Å². The molecular formula is C20H18N4O4. The van der Waals surface area contributed by atoms with E-state index in [0.29, 0.717) is 22.7 Å². The highest BCUT2D eigenvalue weighted by Crippen LogP contribution is 2.25. The van der Waals surface area contributed by atoms with E-state index in [9.17, 15) is 9.59 Å². The van der Waals surface area contributed by atoms with E-state index in [1.807, 2.05) is 18.2 Å². The predicted octanol–water partition coefficient (Wildman–Crippen LogP) is 3.27. The Morgan fingerprint density at radius 2 is 1.71 bits per heavy atom. The minimum Gasteiger partial charge on any atom is -0.495 e. The second kappa shape index (κ2) is 8.63. The fourth-order valence-electron chi connectivity index (χ4n) is 2.42. The SMILES string of the molecule is COC(=O)c1ccc(NC(=O)c2ccnc(Nc3ccccc3OC)n2)cc1. The lowest BCUT2D eigenvalue weighted by atomic mass is 10.2. The highest BCUT2D eigenvalue weighted by Gasteiger charge is 2.11. The number of rotatable bonds is 6. The molecule has 0 bridgehead atoms. The topological polar surface area (TPSA) is 102 Å². The van der Waals surface area contributed by atoms with Crippen molar-refractivity contribution >= 4 is 29.2 Å². The Morgan fingerprint density at radius 1 is 0.964 bits per heavy atom. The highest BCUT2D eigenvalue weighted by atomic mass is 16.5. The maximum Gasteiger partial charge on any atom is 0.337 e. The molecule has 0 aliphatic carbocycles. The van der Waals surface area contributed by atoms with E-state index >= 15 is 0 Å². The number of carbonyl (C=O) groups excluding carboxylic acids is 2. The monoisotopic (exact) mass is 378 g/mol. The maximum absolute atomic E-state index is 12.5. The summed E-state index contributed by atoms with van der Waals surface area (Å²) in [5.74, 6) is 0.0434. The maximum atomic E-state index is 12.5. The normalized spacial score (nSPS) is 10.1. The molecule has 0 aliphatic rings. The molecule has 1 aromatic heterocycles. The van der Waals surface area contributed by atoms with Gasteiger partial charge in [0.05, 0.1) is 25.5 Å². The standard InChI is InChI=1S/C20H18N4O4/c1-27-17-6-4-3-5-15(17)23-20-21-12-11-16(24-20)18(25)22-14-9-7-13(8-10-14)19(26)28-2/h3-12H,1-2H3,(H,22,25)(H,21,23,24). The molecule has 2 aromatic carbocycles. The summed E-state index contributed by atoms with van der Waals surface area (Å²) in [6.45, 7) is 0. The van der Waals surface area contributed by atoms with Crippen LogP contribution in [0.4, 0.5) is 17.3 Å². The van der Waals surface area contributed by atoms with Crippen molar-refractivity contribution in [2.75, 3.05) is 24.9 Å². The first-order valence-electron chi connectivity index (χ1n) is 8.33. The van der Waals surface area contributed by atoms with Crippen LogP contribution >= 0.6 is 0 Å². The Balaban J connectivity index is 1.72. The summed E-state index contributed by atoms with van der Waals surface area (Å²) in [5.41, 5.74) is 1.78. The third-order valence-corrected chi connectivity index (χ3v) is 3.81. The first kappa shape index (κ1) is 18.8. The number of nitrogens with one attached hydrogen (secondary N) is 2. The quantitative estimate of drug-likeness (QED) is 0.635. The highest BCUT2D eigenvalue weighted by molar-refractivity contribution is 6.03. The van der Waals surface area contributed by atoms with Gasteiger partial charge in [0.25, 0.3) is 5.91 Å². The van der Waals surface area contributed by atoms with Gasteiger partial charge in [-0.05, 0) is 42.5 Å². The smallest absolute Gasteiger partial charge is 0.337 e. The molecule has 8 heteroatoms. The molecule has 0 saturated carbocycles. The van der Waals surface area contributed by atoms with E-state index in [0.717, 1.165) is 0 Å². The van der Waals surface area contributed by atoms with Gasteiger partial charge < -0.3 is 20.1 Å². The van der Waals surface area contributed by atoms with Crippen LogP contribution in [-0.4, -0.2) is 36.1 Å². The number of esters is 1. The van der Waals surface area contributed by atoms with Gasteiger partial charge in [-0.15, -0.1) is 0 Å². The van der Waals surface area contributed by atoms with Gasteiger partial charge in [0.1, 0.15) is 11.4 Å². The average molecular weight is 378 g/mol. The molecule has 8 nitrogen and oxygen atoms in total. The fourth-order valence-corrected chi connectivity index (χ4v) is 2.42. The molecule has 28 heavy (non-hydrogen) atoms. The molecule has 0 atom stereocenters. The van der Waals surface area contributed by atoms with Crippen molar-refractivity contribution in [3.8, 4) is 5.75 Å². The molecule has 0 unspecified atom stereocenters. The summed E-state index contributed by atoms with van der Waals surface area (Å²) in [6, 6.07) is 15.2. The summed E-state index contributed by atoms with van der Waals surface area (Å²) < 4.78 is 9.92. The Morgan fingerprint density at radius 3 is 2.43 bits per heavy atom. The third kappa shape index (κ3) is 4.42. The Hall–Kier alpha value is -3.94. The minimum absolute atomic E-state index is 0.185. The van der Waals surface area contributed by atoms with Crippen molar-refractivity contribution in [1.82, 2.24) is 9.97 Å². The number of hydrogen-bond acceptors (Lipinski definition) is 7. The number of hydrogen-bond donors (Lipinski definition) is 2. The lowest BCUT2D eigenvalue weighted by molar-refractivity contribution is 0.0600. The van der Waals surface area contributed by atoms with E-state index < -0.39 is 11.9 Å². The number of amides is 1. The second-order valence-electron chi connectivity index (χ2n) is 5.61. The zero-order valence-corrected chi connectivity index (χ0v) is 15.3. The summed E-state index contributed by atoms with van der Waals surface area (Å²) in [5, 5.41) is 5.75. The number of anilines is 3. The second-order valence-corrected chi connectivity index (χ2v) is 5.61. The van der Waals surface area contributed by atoms with Gasteiger partial charge in [-0.3, -0.25) is 4.79 Å².